The molecule has 0 atom stereocenters. The van der Waals surface area contributed by atoms with Crippen LogP contribution in [-0.4, -0.2) is 47.7 Å². The highest BCUT2D eigenvalue weighted by Crippen LogP contribution is 2.34. The standard InChI is InChI=1S/C23H30N2O2.ClH/c1-2-22(27)25(21-11-7-4-8-12-21)23(19-26)14-17-24(18-15-23)16-13-20-9-5-3-6-10-20;/h3-12,26H,2,13-19H2,1H3;1H. The Kier molecular flexibility index (Phi) is 8.49. The number of aliphatic hydroxyl groups is 1. The lowest BCUT2D eigenvalue weighted by molar-refractivity contribution is -0.120. The van der Waals surface area contributed by atoms with Gasteiger partial charge in [0.2, 0.25) is 5.91 Å². The Morgan fingerprint density at radius 2 is 1.61 bits per heavy atom. The predicted molar refractivity (Wildman–Crippen MR) is 117 cm³/mol. The van der Waals surface area contributed by atoms with Gasteiger partial charge in [-0.15, -0.1) is 12.4 Å². The van der Waals surface area contributed by atoms with Gasteiger partial charge in [-0.3, -0.25) is 4.79 Å². The van der Waals surface area contributed by atoms with Gasteiger partial charge in [0.05, 0.1) is 12.1 Å². The summed E-state index contributed by atoms with van der Waals surface area (Å²) in [6, 6.07) is 20.3. The Bertz CT molecular complexity index is 716. The zero-order valence-corrected chi connectivity index (χ0v) is 17.4. The molecule has 1 aliphatic rings. The van der Waals surface area contributed by atoms with Crippen LogP contribution in [-0.2, 0) is 11.2 Å². The average molecular weight is 403 g/mol. The van der Waals surface area contributed by atoms with E-state index in [-0.39, 0.29) is 24.9 Å². The van der Waals surface area contributed by atoms with E-state index in [1.165, 1.54) is 5.56 Å². The minimum atomic E-state index is -0.502. The highest BCUT2D eigenvalue weighted by molar-refractivity contribution is 5.94. The van der Waals surface area contributed by atoms with Crippen molar-refractivity contribution in [3.63, 3.8) is 0 Å². The van der Waals surface area contributed by atoms with Crippen LogP contribution in [0.15, 0.2) is 60.7 Å². The summed E-state index contributed by atoms with van der Waals surface area (Å²) in [4.78, 5) is 17.1. The molecular formula is C23H31ClN2O2. The van der Waals surface area contributed by atoms with Crippen molar-refractivity contribution in [3.05, 3.63) is 66.2 Å². The molecule has 0 aromatic heterocycles. The number of nitrogens with zero attached hydrogens (tertiary/aromatic N) is 2. The van der Waals surface area contributed by atoms with E-state index in [9.17, 15) is 9.90 Å². The summed E-state index contributed by atoms with van der Waals surface area (Å²) >= 11 is 0. The zero-order chi connectivity index (χ0) is 19.1. The molecule has 152 valence electrons. The summed E-state index contributed by atoms with van der Waals surface area (Å²) < 4.78 is 0. The first-order chi connectivity index (χ1) is 13.2. The van der Waals surface area contributed by atoms with Crippen LogP contribution in [0.2, 0.25) is 0 Å². The Morgan fingerprint density at radius 3 is 2.14 bits per heavy atom. The van der Waals surface area contributed by atoms with Gasteiger partial charge in [-0.25, -0.2) is 0 Å². The van der Waals surface area contributed by atoms with Gasteiger partial charge in [-0.2, -0.15) is 0 Å². The van der Waals surface area contributed by atoms with Gasteiger partial charge in [0.1, 0.15) is 0 Å². The molecule has 0 radical (unpaired) electrons. The highest BCUT2D eigenvalue weighted by atomic mass is 35.5. The summed E-state index contributed by atoms with van der Waals surface area (Å²) in [6.45, 7) is 4.69. The van der Waals surface area contributed by atoms with Crippen molar-refractivity contribution >= 4 is 24.0 Å². The molecule has 1 saturated heterocycles. The van der Waals surface area contributed by atoms with Gasteiger partial charge in [-0.1, -0.05) is 55.5 Å². The van der Waals surface area contributed by atoms with Crippen LogP contribution >= 0.6 is 12.4 Å². The molecule has 1 heterocycles. The second-order valence-corrected chi connectivity index (χ2v) is 7.38. The molecule has 0 aliphatic carbocycles. The summed E-state index contributed by atoms with van der Waals surface area (Å²) in [7, 11) is 0. The van der Waals surface area contributed by atoms with Gasteiger partial charge < -0.3 is 14.9 Å². The molecule has 2 aromatic rings. The Hall–Kier alpha value is -1.88. The molecular weight excluding hydrogens is 372 g/mol. The number of hydrogen-bond acceptors (Lipinski definition) is 3. The first-order valence-electron chi connectivity index (χ1n) is 9.94. The lowest BCUT2D eigenvalue weighted by atomic mass is 9.85. The number of carbonyl (C=O) groups excluding carboxylic acids is 1. The third kappa shape index (κ3) is 5.13. The molecule has 3 rings (SSSR count). The molecule has 28 heavy (non-hydrogen) atoms. The molecule has 2 aromatic carbocycles. The Labute approximate surface area is 174 Å². The minimum Gasteiger partial charge on any atom is -0.394 e. The number of likely N-dealkylation sites (tertiary alicyclic amines) is 1. The van der Waals surface area contributed by atoms with Crippen molar-refractivity contribution in [1.82, 2.24) is 4.90 Å². The molecule has 0 unspecified atom stereocenters. The quantitative estimate of drug-likeness (QED) is 0.763. The van der Waals surface area contributed by atoms with Crippen molar-refractivity contribution in [2.45, 2.75) is 38.1 Å². The van der Waals surface area contributed by atoms with Gasteiger partial charge in [0, 0.05) is 31.7 Å². The van der Waals surface area contributed by atoms with E-state index in [2.05, 4.69) is 29.2 Å². The molecule has 0 spiro atoms. The Balaban J connectivity index is 0.00000280. The largest absolute Gasteiger partial charge is 0.394 e. The van der Waals surface area contributed by atoms with Crippen LogP contribution in [0, 0.1) is 0 Å². The van der Waals surface area contributed by atoms with Crippen molar-refractivity contribution in [3.8, 4) is 0 Å². The number of halogens is 1. The monoisotopic (exact) mass is 402 g/mol. The summed E-state index contributed by atoms with van der Waals surface area (Å²) in [6.07, 6.45) is 3.05. The smallest absolute Gasteiger partial charge is 0.227 e. The number of amides is 1. The third-order valence-electron chi connectivity index (χ3n) is 5.68. The van der Waals surface area contributed by atoms with Crippen molar-refractivity contribution in [1.29, 1.82) is 0 Å². The molecule has 1 aliphatic heterocycles. The number of hydrogen-bond donors (Lipinski definition) is 1. The van der Waals surface area contributed by atoms with E-state index in [4.69, 9.17) is 0 Å². The van der Waals surface area contributed by atoms with Crippen LogP contribution in [0.3, 0.4) is 0 Å². The molecule has 1 N–H and O–H groups in total. The number of benzene rings is 2. The summed E-state index contributed by atoms with van der Waals surface area (Å²) in [5, 5.41) is 10.3. The summed E-state index contributed by atoms with van der Waals surface area (Å²) in [5.74, 6) is 0.0768. The van der Waals surface area contributed by atoms with Gasteiger partial charge in [0.25, 0.3) is 0 Å². The maximum Gasteiger partial charge on any atom is 0.227 e. The summed E-state index contributed by atoms with van der Waals surface area (Å²) in [5.41, 5.74) is 1.73. The fourth-order valence-electron chi connectivity index (χ4n) is 3.99. The molecule has 0 saturated carbocycles. The van der Waals surface area contributed by atoms with E-state index in [1.54, 1.807) is 0 Å². The van der Waals surface area contributed by atoms with Gasteiger partial charge in [-0.05, 0) is 37.0 Å². The predicted octanol–water partition coefficient (Wildman–Crippen LogP) is 3.92. The van der Waals surface area contributed by atoms with Crippen molar-refractivity contribution < 1.29 is 9.90 Å². The number of anilines is 1. The van der Waals surface area contributed by atoms with Crippen molar-refractivity contribution in [2.24, 2.45) is 0 Å². The fourth-order valence-corrected chi connectivity index (χ4v) is 3.99. The number of rotatable bonds is 7. The van der Waals surface area contributed by atoms with Crippen LogP contribution < -0.4 is 4.90 Å². The van der Waals surface area contributed by atoms with E-state index in [0.29, 0.717) is 6.42 Å². The molecule has 1 fully saturated rings. The van der Waals surface area contributed by atoms with Gasteiger partial charge in [0.15, 0.2) is 0 Å². The lowest BCUT2D eigenvalue weighted by Crippen LogP contribution is -2.60. The number of piperidine rings is 1. The second-order valence-electron chi connectivity index (χ2n) is 7.38. The average Bonchev–Trinajstić information content (AvgIpc) is 2.74. The lowest BCUT2D eigenvalue weighted by Gasteiger charge is -2.48. The van der Waals surface area contributed by atoms with Crippen LogP contribution in [0.5, 0.6) is 0 Å². The van der Waals surface area contributed by atoms with Crippen molar-refractivity contribution in [2.75, 3.05) is 31.1 Å². The molecule has 1 amide bonds. The minimum absolute atomic E-state index is 0. The topological polar surface area (TPSA) is 43.8 Å². The molecule has 4 nitrogen and oxygen atoms in total. The SMILES string of the molecule is CCC(=O)N(c1ccccc1)C1(CO)CCN(CCc2ccccc2)CC1.Cl. The van der Waals surface area contributed by atoms with E-state index < -0.39 is 5.54 Å². The number of carbonyl (C=O) groups is 1. The van der Waals surface area contributed by atoms with E-state index in [0.717, 1.165) is 44.6 Å². The van der Waals surface area contributed by atoms with Crippen LogP contribution in [0.1, 0.15) is 31.7 Å². The number of para-hydroxylation sites is 1. The maximum absolute atomic E-state index is 12.8. The highest BCUT2D eigenvalue weighted by Gasteiger charge is 2.42. The number of aliphatic hydroxyl groups excluding tert-OH is 1. The van der Waals surface area contributed by atoms with Crippen LogP contribution in [0.4, 0.5) is 5.69 Å². The zero-order valence-electron chi connectivity index (χ0n) is 16.6. The second kappa shape index (κ2) is 10.6. The Morgan fingerprint density at radius 1 is 1.04 bits per heavy atom. The molecule has 5 heteroatoms. The van der Waals surface area contributed by atoms with E-state index in [1.807, 2.05) is 48.2 Å². The first kappa shape index (κ1) is 22.4. The molecule has 0 bridgehead atoms. The van der Waals surface area contributed by atoms with Gasteiger partial charge >= 0.3 is 0 Å². The normalized spacial score (nSPS) is 16.2. The van der Waals surface area contributed by atoms with Crippen LogP contribution in [0.25, 0.3) is 0 Å². The fraction of sp³-hybridized carbons (Fsp3) is 0.435. The van der Waals surface area contributed by atoms with E-state index >= 15 is 0 Å². The maximum atomic E-state index is 12.8. The first-order valence-corrected chi connectivity index (χ1v) is 9.94. The third-order valence-corrected chi connectivity index (χ3v) is 5.68.